The average molecular weight is 579 g/mol. The van der Waals surface area contributed by atoms with Gasteiger partial charge in [-0.25, -0.2) is 21.6 Å². The lowest BCUT2D eigenvalue weighted by Gasteiger charge is -2.35. The van der Waals surface area contributed by atoms with Crippen molar-refractivity contribution in [2.45, 2.75) is 56.9 Å². The second-order valence-corrected chi connectivity index (χ2v) is 14.7. The summed E-state index contributed by atoms with van der Waals surface area (Å²) in [5, 5.41) is 11.7. The molecular formula is C26H34N4O7S2. The van der Waals surface area contributed by atoms with Gasteiger partial charge in [0, 0.05) is 24.3 Å². The molecule has 1 spiro atoms. The summed E-state index contributed by atoms with van der Waals surface area (Å²) in [5.41, 5.74) is 0.905. The molecule has 0 atom stereocenters. The van der Waals surface area contributed by atoms with Crippen molar-refractivity contribution in [1.82, 2.24) is 4.72 Å². The molecule has 0 unspecified atom stereocenters. The molecule has 0 bridgehead atoms. The topological polar surface area (TPSA) is 162 Å². The molecule has 1 aliphatic heterocycles. The Morgan fingerprint density at radius 3 is 2.21 bits per heavy atom. The molecular weight excluding hydrogens is 544 g/mol. The van der Waals surface area contributed by atoms with Crippen LogP contribution in [0.1, 0.15) is 56.8 Å². The van der Waals surface area contributed by atoms with E-state index in [0.29, 0.717) is 24.2 Å². The number of anilines is 3. The molecule has 2 aromatic carbocycles. The maximum Gasteiger partial charge on any atom is 0.320 e. The zero-order valence-corrected chi connectivity index (χ0v) is 23.8. The van der Waals surface area contributed by atoms with Crippen LogP contribution in [0.15, 0.2) is 47.4 Å². The highest BCUT2D eigenvalue weighted by molar-refractivity contribution is 7.93. The van der Waals surface area contributed by atoms with Gasteiger partial charge in [0.2, 0.25) is 20.0 Å². The Labute approximate surface area is 229 Å². The standard InChI is InChI=1S/C26H34N4O7S2/c1-25(2,3)29-39(36,37)20-6-4-5-18(15-20)27-24(33)21-8-7-19(28-38(34,35)17-23(31)32)16-22(21)30-13-11-26(9-10-26)12-14-30/h4-8,15-16,28-29H,9-14,17H2,1-3H3,(H,27,33)(H,31,32). The van der Waals surface area contributed by atoms with Gasteiger partial charge in [0.1, 0.15) is 0 Å². The van der Waals surface area contributed by atoms with Gasteiger partial charge in [-0.2, -0.15) is 0 Å². The Hall–Kier alpha value is -3.16. The first-order chi connectivity index (χ1) is 18.1. The maximum atomic E-state index is 13.4. The first-order valence-electron chi connectivity index (χ1n) is 12.6. The highest BCUT2D eigenvalue weighted by atomic mass is 32.2. The molecule has 4 rings (SSSR count). The molecule has 1 amide bonds. The fourth-order valence-corrected chi connectivity index (χ4v) is 7.07. The van der Waals surface area contributed by atoms with Crippen LogP contribution in [0, 0.1) is 5.41 Å². The van der Waals surface area contributed by atoms with E-state index >= 15 is 0 Å². The molecule has 0 radical (unpaired) electrons. The summed E-state index contributed by atoms with van der Waals surface area (Å²) in [7, 11) is -7.95. The van der Waals surface area contributed by atoms with Crippen molar-refractivity contribution in [3.8, 4) is 0 Å². The molecule has 11 nitrogen and oxygen atoms in total. The minimum absolute atomic E-state index is 0.00407. The third kappa shape index (κ3) is 7.49. The lowest BCUT2D eigenvalue weighted by Crippen LogP contribution is -2.40. The molecule has 1 aliphatic carbocycles. The number of amides is 1. The van der Waals surface area contributed by atoms with Gasteiger partial charge in [0.15, 0.2) is 5.75 Å². The monoisotopic (exact) mass is 578 g/mol. The first kappa shape index (κ1) is 28.8. The van der Waals surface area contributed by atoms with Crippen LogP contribution in [-0.2, 0) is 24.8 Å². The zero-order valence-electron chi connectivity index (χ0n) is 22.2. The van der Waals surface area contributed by atoms with Crippen LogP contribution >= 0.6 is 0 Å². The van der Waals surface area contributed by atoms with Crippen molar-refractivity contribution < 1.29 is 31.5 Å². The number of aliphatic carboxylic acids is 1. The summed E-state index contributed by atoms with van der Waals surface area (Å²) in [6, 6.07) is 10.3. The van der Waals surface area contributed by atoms with Crippen molar-refractivity contribution in [2.75, 3.05) is 33.8 Å². The number of carboxylic acid groups (broad SMARTS) is 1. The Morgan fingerprint density at radius 2 is 1.62 bits per heavy atom. The molecule has 13 heteroatoms. The fraction of sp³-hybridized carbons (Fsp3) is 0.462. The minimum Gasteiger partial charge on any atom is -0.480 e. The highest BCUT2D eigenvalue weighted by Crippen LogP contribution is 2.54. The molecule has 1 saturated carbocycles. The van der Waals surface area contributed by atoms with E-state index in [9.17, 15) is 26.4 Å². The summed E-state index contributed by atoms with van der Waals surface area (Å²) in [6.45, 7) is 6.58. The molecule has 2 fully saturated rings. The van der Waals surface area contributed by atoms with Gasteiger partial charge in [0.05, 0.1) is 21.8 Å². The summed E-state index contributed by atoms with van der Waals surface area (Å²) in [6.07, 6.45) is 4.30. The number of nitrogens with zero attached hydrogens (tertiary/aromatic N) is 1. The number of carboxylic acids is 1. The van der Waals surface area contributed by atoms with E-state index in [-0.39, 0.29) is 21.8 Å². The predicted octanol–water partition coefficient (Wildman–Crippen LogP) is 3.22. The van der Waals surface area contributed by atoms with Gasteiger partial charge >= 0.3 is 5.97 Å². The van der Waals surface area contributed by atoms with Crippen LogP contribution in [0.5, 0.6) is 0 Å². The van der Waals surface area contributed by atoms with E-state index < -0.39 is 43.2 Å². The Balaban J connectivity index is 1.61. The van der Waals surface area contributed by atoms with Gasteiger partial charge in [-0.15, -0.1) is 0 Å². The number of carbonyl (C=O) groups is 2. The van der Waals surface area contributed by atoms with Crippen LogP contribution in [-0.4, -0.2) is 58.2 Å². The van der Waals surface area contributed by atoms with Gasteiger partial charge in [-0.05, 0) is 88.3 Å². The number of sulfonamides is 2. The Morgan fingerprint density at radius 1 is 0.949 bits per heavy atom. The Kier molecular flexibility index (Phi) is 7.71. The fourth-order valence-electron chi connectivity index (χ4n) is 4.73. The van der Waals surface area contributed by atoms with Gasteiger partial charge in [-0.1, -0.05) is 6.07 Å². The van der Waals surface area contributed by atoms with Crippen molar-refractivity contribution in [3.63, 3.8) is 0 Å². The normalized spacial score (nSPS) is 17.1. The van der Waals surface area contributed by atoms with Crippen LogP contribution in [0.2, 0.25) is 0 Å². The summed E-state index contributed by atoms with van der Waals surface area (Å²) < 4.78 is 54.8. The number of nitrogens with one attached hydrogen (secondary N) is 3. The molecule has 0 aromatic heterocycles. The average Bonchev–Trinajstić information content (AvgIpc) is 3.55. The lowest BCUT2D eigenvalue weighted by atomic mass is 9.93. The lowest BCUT2D eigenvalue weighted by molar-refractivity contribution is -0.134. The summed E-state index contributed by atoms with van der Waals surface area (Å²) in [5.74, 6) is -3.05. The molecule has 39 heavy (non-hydrogen) atoms. The van der Waals surface area contributed by atoms with E-state index in [2.05, 4.69) is 14.8 Å². The van der Waals surface area contributed by atoms with Crippen LogP contribution in [0.3, 0.4) is 0 Å². The van der Waals surface area contributed by atoms with Crippen molar-refractivity contribution in [1.29, 1.82) is 0 Å². The molecule has 1 heterocycles. The van der Waals surface area contributed by atoms with E-state index in [1.54, 1.807) is 26.8 Å². The smallest absolute Gasteiger partial charge is 0.320 e. The Bertz CT molecular complexity index is 1480. The predicted molar refractivity (Wildman–Crippen MR) is 149 cm³/mol. The number of rotatable bonds is 9. The largest absolute Gasteiger partial charge is 0.480 e. The van der Waals surface area contributed by atoms with E-state index in [4.69, 9.17) is 5.11 Å². The van der Waals surface area contributed by atoms with Gasteiger partial charge < -0.3 is 15.3 Å². The first-order valence-corrected chi connectivity index (χ1v) is 15.8. The van der Waals surface area contributed by atoms with Gasteiger partial charge in [0.25, 0.3) is 5.91 Å². The van der Waals surface area contributed by atoms with E-state index in [1.807, 2.05) is 4.90 Å². The second-order valence-electron chi connectivity index (χ2n) is 11.3. The van der Waals surface area contributed by atoms with E-state index in [1.165, 1.54) is 49.2 Å². The van der Waals surface area contributed by atoms with Crippen molar-refractivity contribution >= 4 is 49.0 Å². The van der Waals surface area contributed by atoms with Crippen LogP contribution < -0.4 is 19.7 Å². The highest BCUT2D eigenvalue weighted by Gasteiger charge is 2.44. The number of piperidine rings is 1. The summed E-state index contributed by atoms with van der Waals surface area (Å²) in [4.78, 5) is 26.4. The minimum atomic E-state index is -4.13. The van der Waals surface area contributed by atoms with Crippen LogP contribution in [0.25, 0.3) is 0 Å². The van der Waals surface area contributed by atoms with Gasteiger partial charge in [-0.3, -0.25) is 14.3 Å². The molecule has 2 aromatic rings. The molecule has 212 valence electrons. The quantitative estimate of drug-likeness (QED) is 0.353. The number of carbonyl (C=O) groups excluding carboxylic acids is 1. The third-order valence-corrected chi connectivity index (χ3v) is 9.72. The SMILES string of the molecule is CC(C)(C)NS(=O)(=O)c1cccc(NC(=O)c2ccc(NS(=O)(=O)CC(=O)O)cc2N2CCC3(CC2)CC3)c1. The number of hydrogen-bond acceptors (Lipinski definition) is 7. The molecule has 4 N–H and O–H groups in total. The zero-order chi connectivity index (χ0) is 28.6. The third-order valence-electron chi connectivity index (χ3n) is 6.79. The molecule has 1 saturated heterocycles. The van der Waals surface area contributed by atoms with E-state index in [0.717, 1.165) is 12.8 Å². The second kappa shape index (κ2) is 10.4. The van der Waals surface area contributed by atoms with Crippen LogP contribution in [0.4, 0.5) is 17.1 Å². The summed E-state index contributed by atoms with van der Waals surface area (Å²) >= 11 is 0. The molecule has 2 aliphatic rings. The maximum absolute atomic E-state index is 13.4. The number of hydrogen-bond donors (Lipinski definition) is 4. The number of benzene rings is 2. The van der Waals surface area contributed by atoms with Crippen molar-refractivity contribution in [3.05, 3.63) is 48.0 Å². The van der Waals surface area contributed by atoms with Crippen molar-refractivity contribution in [2.24, 2.45) is 5.41 Å².